The van der Waals surface area contributed by atoms with Crippen LogP contribution in [-0.4, -0.2) is 129 Å². The highest BCUT2D eigenvalue weighted by molar-refractivity contribution is 8.29. The number of nitrogens with one attached hydrogen (secondary N) is 2. The normalized spacial score (nSPS) is 23.4. The second kappa shape index (κ2) is 17.8. The van der Waals surface area contributed by atoms with Crippen LogP contribution in [-0.2, 0) is 50.7 Å². The number of aromatic nitrogens is 4. The van der Waals surface area contributed by atoms with Gasteiger partial charge in [0.25, 0.3) is 0 Å². The highest BCUT2D eigenvalue weighted by atomic mass is 32.2. The number of aliphatic hydroxyl groups excluding tert-OH is 2. The third-order valence-corrected chi connectivity index (χ3v) is 12.5. The van der Waals surface area contributed by atoms with Gasteiger partial charge in [-0.25, -0.2) is 28.6 Å². The molecule has 0 aliphatic carbocycles. The molecule has 1 aliphatic rings. The van der Waals surface area contributed by atoms with Crippen LogP contribution >= 0.6 is 34.4 Å². The van der Waals surface area contributed by atoms with E-state index in [1.165, 1.54) is 20.8 Å². The van der Waals surface area contributed by atoms with Gasteiger partial charge >= 0.3 is 23.5 Å². The average Bonchev–Trinajstić information content (AvgIpc) is 3.58. The molecule has 0 bridgehead atoms. The molecule has 4 unspecified atom stereocenters. The standard InChI is InChI=1S/C24H42N7O17P3S/c1-13(32)52(4)8-7-26-15(33)5-6-27-22(36)19(35)24(2,3)10-45-51(42,43)48-50(40,41)44-9-14-18(47-49(37,38)39)17(34)23(46-14)31-12-30-16-20(25)28-11-29-21(16)31/h11-12,14,17-19,23,34-35,52H,5-10H2,1-4H3,(H,26,33)(H,27,36)(H,40,41)(H,42,43)(H2,25,28,29)(H2,37,38,39)/t14-,17-,18-,19?,23-/m1/s1. The van der Waals surface area contributed by atoms with Crippen LogP contribution in [0.2, 0.25) is 0 Å². The molecule has 3 rings (SSSR count). The zero-order valence-corrected chi connectivity index (χ0v) is 31.7. The molecule has 0 radical (unpaired) electrons. The molecule has 52 heavy (non-hydrogen) atoms. The van der Waals surface area contributed by atoms with E-state index < -0.39 is 95.4 Å². The summed E-state index contributed by atoms with van der Waals surface area (Å²) in [6.07, 6.45) is -5.08. The molecular weight excluding hydrogens is 783 g/mol. The van der Waals surface area contributed by atoms with Gasteiger partial charge in [0.2, 0.25) is 11.8 Å². The number of rotatable bonds is 19. The summed E-state index contributed by atoms with van der Waals surface area (Å²) >= 11 is 0. The quantitative estimate of drug-likeness (QED) is 0.0574. The first kappa shape index (κ1) is 44.0. The number of aliphatic hydroxyl groups is 2. The van der Waals surface area contributed by atoms with Crippen LogP contribution in [0.15, 0.2) is 12.7 Å². The van der Waals surface area contributed by atoms with Crippen molar-refractivity contribution < 1.29 is 80.5 Å². The molecule has 296 valence electrons. The lowest BCUT2D eigenvalue weighted by Crippen LogP contribution is -2.46. The van der Waals surface area contributed by atoms with E-state index in [4.69, 9.17) is 19.5 Å². The molecule has 0 saturated carbocycles. The smallest absolute Gasteiger partial charge is 0.386 e. The molecule has 1 aliphatic heterocycles. The Balaban J connectivity index is 1.55. The maximum absolute atomic E-state index is 12.6. The Kier molecular flexibility index (Phi) is 15.0. The number of fused-ring (bicyclic) bond motifs is 1. The van der Waals surface area contributed by atoms with Gasteiger partial charge in [-0.05, 0) is 12.0 Å². The minimum atomic E-state index is -5.56. The first-order chi connectivity index (χ1) is 23.9. The molecule has 1 saturated heterocycles. The predicted molar refractivity (Wildman–Crippen MR) is 180 cm³/mol. The summed E-state index contributed by atoms with van der Waals surface area (Å²) < 4.78 is 61.9. The van der Waals surface area contributed by atoms with Crippen molar-refractivity contribution in [3.05, 3.63) is 12.7 Å². The number of nitrogen functional groups attached to an aromatic ring is 1. The molecule has 10 N–H and O–H groups in total. The topological polar surface area (TPSA) is 364 Å². The number of carbonyl (C=O) groups excluding carboxylic acids is 3. The van der Waals surface area contributed by atoms with Crippen molar-refractivity contribution in [3.8, 4) is 0 Å². The Labute approximate surface area is 298 Å². The van der Waals surface area contributed by atoms with Crippen LogP contribution in [0.1, 0.15) is 33.4 Å². The molecule has 8 atom stereocenters. The van der Waals surface area contributed by atoms with Crippen molar-refractivity contribution in [1.29, 1.82) is 0 Å². The van der Waals surface area contributed by atoms with Gasteiger partial charge in [0.05, 0.1) is 19.5 Å². The monoisotopic (exact) mass is 825 g/mol. The number of phosphoric ester groups is 3. The second-order valence-electron chi connectivity index (χ2n) is 12.0. The summed E-state index contributed by atoms with van der Waals surface area (Å²) in [6, 6.07) is 0. The lowest BCUT2D eigenvalue weighted by molar-refractivity contribution is -0.137. The van der Waals surface area contributed by atoms with E-state index in [-0.39, 0.29) is 41.6 Å². The van der Waals surface area contributed by atoms with Gasteiger partial charge < -0.3 is 50.9 Å². The van der Waals surface area contributed by atoms with Gasteiger partial charge in [-0.1, -0.05) is 13.8 Å². The van der Waals surface area contributed by atoms with Crippen molar-refractivity contribution in [2.75, 3.05) is 44.0 Å². The van der Waals surface area contributed by atoms with E-state index in [1.807, 2.05) is 0 Å². The van der Waals surface area contributed by atoms with Crippen molar-refractivity contribution in [3.63, 3.8) is 0 Å². The number of thiol groups is 1. The minimum Gasteiger partial charge on any atom is -0.386 e. The molecule has 0 spiro atoms. The summed E-state index contributed by atoms with van der Waals surface area (Å²) in [5.74, 6) is -0.923. The zero-order chi connectivity index (χ0) is 39.2. The van der Waals surface area contributed by atoms with E-state index in [0.717, 1.165) is 17.2 Å². The number of imidazole rings is 1. The van der Waals surface area contributed by atoms with Gasteiger partial charge in [0.15, 0.2) is 22.8 Å². The van der Waals surface area contributed by atoms with Gasteiger partial charge in [0.1, 0.15) is 36.3 Å². The fourth-order valence-electron chi connectivity index (χ4n) is 4.46. The number of amides is 2. The van der Waals surface area contributed by atoms with Crippen LogP contribution in [0.25, 0.3) is 11.2 Å². The van der Waals surface area contributed by atoms with Gasteiger partial charge in [-0.2, -0.15) is 15.2 Å². The Bertz CT molecular complexity index is 1740. The van der Waals surface area contributed by atoms with E-state index in [1.54, 1.807) is 6.26 Å². The van der Waals surface area contributed by atoms with Crippen LogP contribution in [0.3, 0.4) is 0 Å². The molecule has 0 aromatic carbocycles. The molecule has 1 fully saturated rings. The first-order valence-electron chi connectivity index (χ1n) is 15.0. The number of carbonyl (C=O) groups is 3. The van der Waals surface area contributed by atoms with Crippen LogP contribution in [0.5, 0.6) is 0 Å². The molecule has 3 heterocycles. The van der Waals surface area contributed by atoms with Gasteiger partial charge in [0, 0.05) is 31.8 Å². The first-order valence-corrected chi connectivity index (χ1v) is 21.5. The summed E-state index contributed by atoms with van der Waals surface area (Å²) in [5.41, 5.74) is 4.27. The fraction of sp³-hybridized carbons (Fsp3) is 0.667. The highest BCUT2D eigenvalue weighted by Gasteiger charge is 2.50. The lowest BCUT2D eigenvalue weighted by Gasteiger charge is -2.30. The van der Waals surface area contributed by atoms with Crippen molar-refractivity contribution in [2.24, 2.45) is 5.41 Å². The van der Waals surface area contributed by atoms with Crippen molar-refractivity contribution in [1.82, 2.24) is 30.2 Å². The van der Waals surface area contributed by atoms with Gasteiger partial charge in [-0.15, -0.1) is 0 Å². The fourth-order valence-corrected chi connectivity index (χ4v) is 8.05. The van der Waals surface area contributed by atoms with E-state index in [9.17, 15) is 57.9 Å². The summed E-state index contributed by atoms with van der Waals surface area (Å²) in [6.45, 7) is 2.06. The number of anilines is 1. The molecule has 24 nitrogen and oxygen atoms in total. The molecule has 28 heteroatoms. The Morgan fingerprint density at radius 3 is 2.37 bits per heavy atom. The van der Waals surface area contributed by atoms with Crippen LogP contribution in [0, 0.1) is 5.41 Å². The maximum atomic E-state index is 12.6. The average molecular weight is 826 g/mol. The van der Waals surface area contributed by atoms with Crippen LogP contribution < -0.4 is 16.4 Å². The number of phosphoric acid groups is 3. The Hall–Kier alpha value is -2.44. The summed E-state index contributed by atoms with van der Waals surface area (Å²) in [4.78, 5) is 86.6. The third kappa shape index (κ3) is 12.6. The van der Waals surface area contributed by atoms with Crippen molar-refractivity contribution in [2.45, 2.75) is 57.8 Å². The second-order valence-corrected chi connectivity index (χ2v) is 18.7. The number of ether oxygens (including phenoxy) is 1. The molecule has 2 amide bonds. The third-order valence-electron chi connectivity index (χ3n) is 7.38. The van der Waals surface area contributed by atoms with E-state index in [0.29, 0.717) is 5.75 Å². The Morgan fingerprint density at radius 1 is 1.08 bits per heavy atom. The van der Waals surface area contributed by atoms with E-state index in [2.05, 4.69) is 34.4 Å². The maximum Gasteiger partial charge on any atom is 0.481 e. The van der Waals surface area contributed by atoms with E-state index >= 15 is 0 Å². The summed E-state index contributed by atoms with van der Waals surface area (Å²) in [7, 11) is -17.2. The van der Waals surface area contributed by atoms with Gasteiger partial charge in [-0.3, -0.25) is 32.5 Å². The molecular formula is C24H42N7O17P3S. The lowest BCUT2D eigenvalue weighted by atomic mass is 9.87. The van der Waals surface area contributed by atoms with Crippen LogP contribution in [0.4, 0.5) is 5.82 Å². The number of nitrogens with two attached hydrogens (primary N) is 1. The highest BCUT2D eigenvalue weighted by Crippen LogP contribution is 2.61. The Morgan fingerprint density at radius 2 is 1.73 bits per heavy atom. The number of nitrogens with zero attached hydrogens (tertiary/aromatic N) is 4. The van der Waals surface area contributed by atoms with Crippen molar-refractivity contribution >= 4 is 68.3 Å². The molecule has 2 aromatic heterocycles. The molecule has 2 aromatic rings. The SMILES string of the molecule is CC(=O)[SH](C)CCNC(=O)CCNC(=O)C(O)C(C)(C)COP(=O)(O)OP(=O)(O)OC[C@H]1O[C@@H](n2cnc3c(N)ncnc32)[C@H](O)[C@@H]1OP(=O)(O)O. The zero-order valence-electron chi connectivity index (χ0n) is 28.1. The number of hydrogen-bond donors (Lipinski definition) is 10. The largest absolute Gasteiger partial charge is 0.481 e. The number of hydrogen-bond acceptors (Lipinski definition) is 17. The predicted octanol–water partition coefficient (Wildman–Crippen LogP) is -1.42. The summed E-state index contributed by atoms with van der Waals surface area (Å²) in [5, 5.41) is 26.3. The minimum absolute atomic E-state index is 0.0318.